The van der Waals surface area contributed by atoms with Gasteiger partial charge in [0.25, 0.3) is 0 Å². The topological polar surface area (TPSA) is 228 Å². The predicted molar refractivity (Wildman–Crippen MR) is 434 cm³/mol. The van der Waals surface area contributed by atoms with Crippen LogP contribution in [0.4, 0.5) is 0 Å². The summed E-state index contributed by atoms with van der Waals surface area (Å²) in [5, 5.41) is 87.9. The van der Waals surface area contributed by atoms with Crippen molar-refractivity contribution in [2.45, 2.75) is 498 Å². The Morgan fingerprint density at radius 3 is 0.971 bits per heavy atom. The summed E-state index contributed by atoms with van der Waals surface area (Å²) in [6.45, 7) is 2.86. The van der Waals surface area contributed by atoms with Gasteiger partial charge in [-0.05, 0) is 57.8 Å². The standard InChI is InChI=1S/C90H169NO13/c1-3-5-7-9-11-13-15-17-19-21-23-25-27-29-31-33-35-36-37-38-39-40-41-42-44-46-48-50-52-54-56-58-60-62-64-66-68-70-72-74-82(95)91-78(77-101-89-87(100)85(98)88(81(76-93)103-89)104-90-86(99)84(97)83(96)80(75-92)102-90)79(94)73-71-69-67-65-63-61-59-57-55-53-51-49-47-45-43-34-32-30-28-26-24-22-20-18-16-14-12-10-8-6-4-2/h15,17,21,23,27,29,71,73,78-81,83-90,92-94,96-100H,3-14,16,18-20,22,24-26,28,30-70,72,74-77H2,1-2H3,(H,91,95)/b17-15-,23-21-,29-27-,73-71+. The maximum atomic E-state index is 13.4. The molecular weight excluding hydrogens is 1300 g/mol. The summed E-state index contributed by atoms with van der Waals surface area (Å²) in [4.78, 5) is 13.4. The van der Waals surface area contributed by atoms with Crippen molar-refractivity contribution in [3.05, 3.63) is 48.6 Å². The number of allylic oxidation sites excluding steroid dienone is 7. The quantitative estimate of drug-likeness (QED) is 0.0204. The number of hydrogen-bond donors (Lipinski definition) is 9. The first-order valence-electron chi connectivity index (χ1n) is 44.9. The van der Waals surface area contributed by atoms with E-state index in [0.29, 0.717) is 6.42 Å². The molecule has 2 aliphatic heterocycles. The molecule has 9 N–H and O–H groups in total. The number of unbranched alkanes of at least 4 members (excludes halogenated alkanes) is 58. The Hall–Kier alpha value is -2.05. The fraction of sp³-hybridized carbons (Fsp3) is 0.900. The van der Waals surface area contributed by atoms with Gasteiger partial charge >= 0.3 is 0 Å². The molecule has 0 radical (unpaired) electrons. The summed E-state index contributed by atoms with van der Waals surface area (Å²) in [5.74, 6) is -0.230. The van der Waals surface area contributed by atoms with E-state index in [-0.39, 0.29) is 18.9 Å². The normalized spacial score (nSPS) is 21.6. The largest absolute Gasteiger partial charge is 0.394 e. The predicted octanol–water partition coefficient (Wildman–Crippen LogP) is 21.7. The van der Waals surface area contributed by atoms with E-state index in [1.54, 1.807) is 6.08 Å². The minimum absolute atomic E-state index is 0.230. The number of carbonyl (C=O) groups excluding carboxylic acids is 1. The number of carbonyl (C=O) groups is 1. The fourth-order valence-corrected chi connectivity index (χ4v) is 15.0. The molecule has 12 unspecified atom stereocenters. The van der Waals surface area contributed by atoms with E-state index in [1.807, 2.05) is 6.08 Å². The van der Waals surface area contributed by atoms with E-state index >= 15 is 0 Å². The number of hydrogen-bond acceptors (Lipinski definition) is 13. The summed E-state index contributed by atoms with van der Waals surface area (Å²) < 4.78 is 23.0. The zero-order valence-electron chi connectivity index (χ0n) is 67.5. The molecule has 1 amide bonds. The first-order valence-corrected chi connectivity index (χ1v) is 44.9. The number of nitrogens with one attached hydrogen (secondary N) is 1. The Morgan fingerprint density at radius 1 is 0.346 bits per heavy atom. The van der Waals surface area contributed by atoms with Crippen LogP contribution in [0.25, 0.3) is 0 Å². The molecular formula is C90H169NO13. The van der Waals surface area contributed by atoms with Crippen molar-refractivity contribution in [3.63, 3.8) is 0 Å². The van der Waals surface area contributed by atoms with Crippen molar-refractivity contribution in [3.8, 4) is 0 Å². The van der Waals surface area contributed by atoms with Gasteiger partial charge in [-0.25, -0.2) is 0 Å². The highest BCUT2D eigenvalue weighted by molar-refractivity contribution is 5.76. The highest BCUT2D eigenvalue weighted by Crippen LogP contribution is 2.31. The molecule has 0 aliphatic carbocycles. The Balaban J connectivity index is 1.56. The average molecular weight is 1470 g/mol. The highest BCUT2D eigenvalue weighted by Gasteiger charge is 2.51. The van der Waals surface area contributed by atoms with Crippen LogP contribution in [0.2, 0.25) is 0 Å². The summed E-state index contributed by atoms with van der Waals surface area (Å²) >= 11 is 0. The van der Waals surface area contributed by atoms with Crippen molar-refractivity contribution >= 4 is 5.91 Å². The van der Waals surface area contributed by atoms with E-state index in [9.17, 15) is 45.6 Å². The van der Waals surface area contributed by atoms with Gasteiger partial charge in [0, 0.05) is 6.42 Å². The molecule has 0 aromatic heterocycles. The van der Waals surface area contributed by atoms with Gasteiger partial charge in [0.15, 0.2) is 12.6 Å². The van der Waals surface area contributed by atoms with Gasteiger partial charge in [-0.3, -0.25) is 4.79 Å². The summed E-state index contributed by atoms with van der Waals surface area (Å²) in [6.07, 6.45) is 83.7. The van der Waals surface area contributed by atoms with E-state index < -0.39 is 86.8 Å². The van der Waals surface area contributed by atoms with Crippen LogP contribution in [0.1, 0.15) is 425 Å². The average Bonchev–Trinajstić information content (AvgIpc) is 0.791. The zero-order valence-corrected chi connectivity index (χ0v) is 67.5. The Kier molecular flexibility index (Phi) is 69.5. The molecule has 612 valence electrons. The lowest BCUT2D eigenvalue weighted by Gasteiger charge is -2.46. The number of amides is 1. The van der Waals surface area contributed by atoms with Gasteiger partial charge in [-0.15, -0.1) is 0 Å². The Labute approximate surface area is 639 Å². The lowest BCUT2D eigenvalue weighted by Crippen LogP contribution is -2.65. The smallest absolute Gasteiger partial charge is 0.220 e. The lowest BCUT2D eigenvalue weighted by atomic mass is 9.97. The molecule has 0 spiro atoms. The molecule has 12 atom stereocenters. The van der Waals surface area contributed by atoms with Crippen LogP contribution in [0.15, 0.2) is 48.6 Å². The van der Waals surface area contributed by atoms with Crippen LogP contribution in [0.3, 0.4) is 0 Å². The van der Waals surface area contributed by atoms with Crippen molar-refractivity contribution in [2.75, 3.05) is 19.8 Å². The van der Waals surface area contributed by atoms with Crippen molar-refractivity contribution in [2.24, 2.45) is 0 Å². The number of aliphatic hydroxyl groups excluding tert-OH is 8. The third-order valence-corrected chi connectivity index (χ3v) is 22.0. The van der Waals surface area contributed by atoms with Gasteiger partial charge in [-0.1, -0.05) is 409 Å². The molecule has 2 fully saturated rings. The first kappa shape index (κ1) is 98.0. The molecule has 2 aliphatic rings. The molecule has 104 heavy (non-hydrogen) atoms. The van der Waals surface area contributed by atoms with E-state index in [0.717, 1.165) is 51.4 Å². The highest BCUT2D eigenvalue weighted by atomic mass is 16.7. The van der Waals surface area contributed by atoms with Gasteiger partial charge in [0.05, 0.1) is 32.0 Å². The molecule has 0 aromatic rings. The van der Waals surface area contributed by atoms with E-state index in [2.05, 4.69) is 55.6 Å². The van der Waals surface area contributed by atoms with Crippen molar-refractivity contribution in [1.29, 1.82) is 0 Å². The van der Waals surface area contributed by atoms with E-state index in [4.69, 9.17) is 18.9 Å². The first-order chi connectivity index (χ1) is 51.1. The number of rotatable bonds is 77. The van der Waals surface area contributed by atoms with Crippen LogP contribution in [0, 0.1) is 0 Å². The molecule has 2 heterocycles. The van der Waals surface area contributed by atoms with Crippen LogP contribution in [0.5, 0.6) is 0 Å². The van der Waals surface area contributed by atoms with Crippen LogP contribution in [-0.2, 0) is 23.7 Å². The Bertz CT molecular complexity index is 1930. The van der Waals surface area contributed by atoms with Gasteiger partial charge < -0.3 is 65.1 Å². The molecule has 14 heteroatoms. The monoisotopic (exact) mass is 1470 g/mol. The molecule has 2 saturated heterocycles. The lowest BCUT2D eigenvalue weighted by molar-refractivity contribution is -0.359. The van der Waals surface area contributed by atoms with Gasteiger partial charge in [0.1, 0.15) is 48.8 Å². The number of aliphatic hydroxyl groups is 8. The second-order valence-corrected chi connectivity index (χ2v) is 31.7. The van der Waals surface area contributed by atoms with Crippen LogP contribution in [-0.4, -0.2) is 140 Å². The van der Waals surface area contributed by atoms with Gasteiger partial charge in [-0.2, -0.15) is 0 Å². The van der Waals surface area contributed by atoms with Crippen LogP contribution < -0.4 is 5.32 Å². The second kappa shape index (κ2) is 73.7. The number of ether oxygens (including phenoxy) is 4. The zero-order chi connectivity index (χ0) is 75.1. The SMILES string of the molecule is CCCCCCC/C=C\C/C=C\C/C=C\CCCCCCCCCCCCCCCCCCCCCCCCCCC(=O)NC(COC1OC(CO)C(OC2OC(CO)C(O)C(O)C2O)C(O)C1O)C(O)/C=C/CCCCCCCCCCCCCCCCCCCCCCCCCCCCCCC. The fourth-order valence-electron chi connectivity index (χ4n) is 15.0. The molecule has 0 aromatic carbocycles. The molecule has 0 bridgehead atoms. The summed E-state index contributed by atoms with van der Waals surface area (Å²) in [5.41, 5.74) is 0. The maximum Gasteiger partial charge on any atom is 0.220 e. The molecule has 2 rings (SSSR count). The molecule has 14 nitrogen and oxygen atoms in total. The molecule has 0 saturated carbocycles. The van der Waals surface area contributed by atoms with E-state index in [1.165, 1.54) is 347 Å². The second-order valence-electron chi connectivity index (χ2n) is 31.7. The maximum absolute atomic E-state index is 13.4. The summed E-state index contributed by atoms with van der Waals surface area (Å²) in [7, 11) is 0. The third-order valence-electron chi connectivity index (χ3n) is 22.0. The van der Waals surface area contributed by atoms with Crippen molar-refractivity contribution in [1.82, 2.24) is 5.32 Å². The summed E-state index contributed by atoms with van der Waals surface area (Å²) in [6, 6.07) is -0.916. The third kappa shape index (κ3) is 55.4. The van der Waals surface area contributed by atoms with Gasteiger partial charge in [0.2, 0.25) is 5.91 Å². The minimum atomic E-state index is -1.79. The van der Waals surface area contributed by atoms with Crippen molar-refractivity contribution < 1.29 is 64.6 Å². The minimum Gasteiger partial charge on any atom is -0.394 e. The van der Waals surface area contributed by atoms with Crippen LogP contribution >= 0.6 is 0 Å². The Morgan fingerprint density at radius 2 is 0.635 bits per heavy atom.